The molecule has 1 aromatic heterocycles. The Morgan fingerprint density at radius 2 is 2.44 bits per heavy atom. The van der Waals surface area contributed by atoms with Gasteiger partial charge in [-0.25, -0.2) is 4.98 Å². The van der Waals surface area contributed by atoms with Gasteiger partial charge in [0.1, 0.15) is 12.0 Å². The second kappa shape index (κ2) is 5.30. The Morgan fingerprint density at radius 3 is 2.94 bits per heavy atom. The zero-order valence-corrected chi connectivity index (χ0v) is 10.7. The monoisotopic (exact) mass is 250 g/mol. The Hall–Kier alpha value is -1.69. The van der Waals surface area contributed by atoms with Crippen molar-refractivity contribution in [3.63, 3.8) is 0 Å². The van der Waals surface area contributed by atoms with Gasteiger partial charge in [-0.3, -0.25) is 10.1 Å². The van der Waals surface area contributed by atoms with Crippen molar-refractivity contribution in [1.29, 1.82) is 0 Å². The van der Waals surface area contributed by atoms with E-state index < -0.39 is 4.92 Å². The van der Waals surface area contributed by atoms with Crippen LogP contribution in [0.4, 0.5) is 11.5 Å². The Labute approximate surface area is 106 Å². The van der Waals surface area contributed by atoms with Crippen molar-refractivity contribution < 1.29 is 4.92 Å². The van der Waals surface area contributed by atoms with E-state index in [4.69, 9.17) is 0 Å². The zero-order valence-electron chi connectivity index (χ0n) is 10.7. The fraction of sp³-hybridized carbons (Fsp3) is 0.583. The van der Waals surface area contributed by atoms with Crippen molar-refractivity contribution in [3.8, 4) is 0 Å². The first kappa shape index (κ1) is 12.8. The van der Waals surface area contributed by atoms with E-state index in [0.29, 0.717) is 6.04 Å². The van der Waals surface area contributed by atoms with Gasteiger partial charge in [0.15, 0.2) is 0 Å². The number of likely N-dealkylation sites (N-methyl/N-ethyl adjacent to an activating group) is 1. The number of anilines is 1. The summed E-state index contributed by atoms with van der Waals surface area (Å²) >= 11 is 0. The lowest BCUT2D eigenvalue weighted by Gasteiger charge is -2.29. The van der Waals surface area contributed by atoms with Crippen molar-refractivity contribution in [1.82, 2.24) is 10.3 Å². The fourth-order valence-corrected chi connectivity index (χ4v) is 2.44. The molecule has 1 aliphatic heterocycles. The average molecular weight is 250 g/mol. The van der Waals surface area contributed by atoms with E-state index in [-0.39, 0.29) is 5.69 Å². The summed E-state index contributed by atoms with van der Waals surface area (Å²) in [5.74, 6) is 0.858. The van der Waals surface area contributed by atoms with E-state index in [1.165, 1.54) is 6.20 Å². The third-order valence-corrected chi connectivity index (χ3v) is 3.33. The standard InChI is InChI=1S/C12H18N4O2/c1-3-15(10-4-5-13-7-10)12-9(2)6-11(8-14-12)16(17)18/h6,8,10,13H,3-5,7H2,1-2H3. The van der Waals surface area contributed by atoms with E-state index in [2.05, 4.69) is 22.1 Å². The topological polar surface area (TPSA) is 71.3 Å². The number of hydrogen-bond acceptors (Lipinski definition) is 5. The fourth-order valence-electron chi connectivity index (χ4n) is 2.44. The van der Waals surface area contributed by atoms with Crippen LogP contribution in [0.3, 0.4) is 0 Å². The van der Waals surface area contributed by atoms with Gasteiger partial charge in [-0.1, -0.05) is 0 Å². The van der Waals surface area contributed by atoms with Gasteiger partial charge >= 0.3 is 0 Å². The summed E-state index contributed by atoms with van der Waals surface area (Å²) < 4.78 is 0. The van der Waals surface area contributed by atoms with Crippen molar-refractivity contribution in [2.45, 2.75) is 26.3 Å². The van der Waals surface area contributed by atoms with Gasteiger partial charge < -0.3 is 10.2 Å². The van der Waals surface area contributed by atoms with Crippen LogP contribution in [0, 0.1) is 17.0 Å². The predicted molar refractivity (Wildman–Crippen MR) is 69.9 cm³/mol. The van der Waals surface area contributed by atoms with Crippen molar-refractivity contribution >= 4 is 11.5 Å². The molecule has 2 heterocycles. The van der Waals surface area contributed by atoms with E-state index in [9.17, 15) is 10.1 Å². The minimum atomic E-state index is -0.406. The number of pyridine rings is 1. The number of nitrogens with one attached hydrogen (secondary N) is 1. The summed E-state index contributed by atoms with van der Waals surface area (Å²) in [5.41, 5.74) is 0.912. The SMILES string of the molecule is CCN(c1ncc([N+](=O)[O-])cc1C)C1CCNC1. The first-order chi connectivity index (χ1) is 8.63. The second-order valence-corrected chi connectivity index (χ2v) is 4.52. The molecule has 0 amide bonds. The molecule has 0 aromatic carbocycles. The molecule has 18 heavy (non-hydrogen) atoms. The Bertz CT molecular complexity index is 444. The molecule has 1 saturated heterocycles. The molecule has 1 atom stereocenters. The third kappa shape index (κ3) is 2.43. The van der Waals surface area contributed by atoms with Gasteiger partial charge in [-0.05, 0) is 32.4 Å². The molecule has 1 fully saturated rings. The van der Waals surface area contributed by atoms with Crippen LogP contribution in [0.5, 0.6) is 0 Å². The lowest BCUT2D eigenvalue weighted by molar-refractivity contribution is -0.385. The molecular formula is C12H18N4O2. The molecule has 0 aliphatic carbocycles. The summed E-state index contributed by atoms with van der Waals surface area (Å²) in [7, 11) is 0. The van der Waals surface area contributed by atoms with Gasteiger partial charge in [0, 0.05) is 25.2 Å². The maximum atomic E-state index is 10.7. The normalized spacial score (nSPS) is 18.9. The Morgan fingerprint density at radius 1 is 1.67 bits per heavy atom. The maximum absolute atomic E-state index is 10.7. The summed E-state index contributed by atoms with van der Waals surface area (Å²) in [4.78, 5) is 16.8. The highest BCUT2D eigenvalue weighted by Crippen LogP contribution is 2.24. The molecule has 1 aliphatic rings. The van der Waals surface area contributed by atoms with Gasteiger partial charge in [0.05, 0.1) is 4.92 Å². The van der Waals surface area contributed by atoms with Crippen LogP contribution in [0.1, 0.15) is 18.9 Å². The Balaban J connectivity index is 2.27. The van der Waals surface area contributed by atoms with E-state index >= 15 is 0 Å². The molecule has 0 saturated carbocycles. The number of aryl methyl sites for hydroxylation is 1. The molecule has 0 spiro atoms. The van der Waals surface area contributed by atoms with E-state index in [1.807, 2.05) is 6.92 Å². The van der Waals surface area contributed by atoms with Gasteiger partial charge in [0.2, 0.25) is 0 Å². The van der Waals surface area contributed by atoms with Crippen LogP contribution in [0.2, 0.25) is 0 Å². The van der Waals surface area contributed by atoms with Crippen LogP contribution in [-0.2, 0) is 0 Å². The Kier molecular flexibility index (Phi) is 3.76. The summed E-state index contributed by atoms with van der Waals surface area (Å²) in [6.45, 7) is 6.79. The average Bonchev–Trinajstić information content (AvgIpc) is 2.85. The summed E-state index contributed by atoms with van der Waals surface area (Å²) in [6, 6.07) is 2.02. The highest BCUT2D eigenvalue weighted by molar-refractivity contribution is 5.51. The first-order valence-corrected chi connectivity index (χ1v) is 6.22. The number of rotatable bonds is 4. The van der Waals surface area contributed by atoms with Gasteiger partial charge in [-0.15, -0.1) is 0 Å². The highest BCUT2D eigenvalue weighted by atomic mass is 16.6. The molecule has 0 radical (unpaired) electrons. The highest BCUT2D eigenvalue weighted by Gasteiger charge is 2.24. The number of nitro groups is 1. The molecule has 98 valence electrons. The van der Waals surface area contributed by atoms with Crippen molar-refractivity contribution in [2.75, 3.05) is 24.5 Å². The molecule has 1 aromatic rings. The largest absolute Gasteiger partial charge is 0.352 e. The van der Waals surface area contributed by atoms with Gasteiger partial charge in [-0.2, -0.15) is 0 Å². The molecular weight excluding hydrogens is 232 g/mol. The summed E-state index contributed by atoms with van der Waals surface area (Å²) in [6.07, 6.45) is 2.43. The van der Waals surface area contributed by atoms with Crippen LogP contribution in [0.15, 0.2) is 12.3 Å². The van der Waals surface area contributed by atoms with E-state index in [1.54, 1.807) is 6.07 Å². The quantitative estimate of drug-likeness (QED) is 0.647. The summed E-state index contributed by atoms with van der Waals surface area (Å²) in [5, 5.41) is 14.0. The molecule has 6 heteroatoms. The van der Waals surface area contributed by atoms with Crippen molar-refractivity contribution in [2.24, 2.45) is 0 Å². The minimum Gasteiger partial charge on any atom is -0.352 e. The lowest BCUT2D eigenvalue weighted by atomic mass is 10.2. The van der Waals surface area contributed by atoms with E-state index in [0.717, 1.165) is 37.4 Å². The molecule has 0 bridgehead atoms. The van der Waals surface area contributed by atoms with Crippen LogP contribution in [0.25, 0.3) is 0 Å². The predicted octanol–water partition coefficient (Wildman–Crippen LogP) is 1.49. The molecule has 1 N–H and O–H groups in total. The second-order valence-electron chi connectivity index (χ2n) is 4.52. The van der Waals surface area contributed by atoms with Gasteiger partial charge in [0.25, 0.3) is 5.69 Å². The molecule has 2 rings (SSSR count). The smallest absolute Gasteiger partial charge is 0.287 e. The number of aromatic nitrogens is 1. The maximum Gasteiger partial charge on any atom is 0.287 e. The zero-order chi connectivity index (χ0) is 13.1. The molecule has 6 nitrogen and oxygen atoms in total. The van der Waals surface area contributed by atoms with Crippen LogP contribution < -0.4 is 10.2 Å². The molecule has 1 unspecified atom stereocenters. The third-order valence-electron chi connectivity index (χ3n) is 3.33. The number of nitrogens with zero attached hydrogens (tertiary/aromatic N) is 3. The number of hydrogen-bond donors (Lipinski definition) is 1. The van der Waals surface area contributed by atoms with Crippen LogP contribution >= 0.6 is 0 Å². The first-order valence-electron chi connectivity index (χ1n) is 6.22. The van der Waals surface area contributed by atoms with Crippen molar-refractivity contribution in [3.05, 3.63) is 27.9 Å². The van der Waals surface area contributed by atoms with Crippen LogP contribution in [-0.4, -0.2) is 35.6 Å². The minimum absolute atomic E-state index is 0.0526. The lowest BCUT2D eigenvalue weighted by Crippen LogP contribution is -2.37.